The SMILES string of the molecule is CC/C=C(\CC)CN(COC)C1CCC(=O)NC1=O. The second kappa shape index (κ2) is 8.07. The van der Waals surface area contributed by atoms with Crippen LogP contribution in [0.2, 0.25) is 0 Å². The molecule has 1 N–H and O–H groups in total. The van der Waals surface area contributed by atoms with Gasteiger partial charge in [-0.2, -0.15) is 0 Å². The summed E-state index contributed by atoms with van der Waals surface area (Å²) in [5, 5.41) is 2.40. The van der Waals surface area contributed by atoms with E-state index >= 15 is 0 Å². The van der Waals surface area contributed by atoms with Gasteiger partial charge in [0.15, 0.2) is 0 Å². The number of carbonyl (C=O) groups excluding carboxylic acids is 2. The molecule has 1 heterocycles. The molecular weight excluding hydrogens is 244 g/mol. The predicted octanol–water partition coefficient (Wildman–Crippen LogP) is 1.44. The quantitative estimate of drug-likeness (QED) is 0.431. The lowest BCUT2D eigenvalue weighted by Gasteiger charge is -2.32. The van der Waals surface area contributed by atoms with Crippen LogP contribution >= 0.6 is 0 Å². The molecule has 0 saturated carbocycles. The van der Waals surface area contributed by atoms with Crippen LogP contribution in [0.25, 0.3) is 0 Å². The fourth-order valence-corrected chi connectivity index (χ4v) is 2.31. The topological polar surface area (TPSA) is 58.6 Å². The van der Waals surface area contributed by atoms with Crippen molar-refractivity contribution in [3.05, 3.63) is 11.6 Å². The van der Waals surface area contributed by atoms with Crippen molar-refractivity contribution in [3.63, 3.8) is 0 Å². The molecule has 5 nitrogen and oxygen atoms in total. The second-order valence-corrected chi connectivity index (χ2v) is 4.76. The van der Waals surface area contributed by atoms with Gasteiger partial charge in [-0.05, 0) is 19.3 Å². The summed E-state index contributed by atoms with van der Waals surface area (Å²) in [5.41, 5.74) is 1.30. The first-order valence-corrected chi connectivity index (χ1v) is 6.86. The molecule has 1 aliphatic rings. The molecule has 2 amide bonds. The minimum atomic E-state index is -0.274. The molecule has 1 saturated heterocycles. The van der Waals surface area contributed by atoms with Crippen molar-refractivity contribution in [2.75, 3.05) is 20.4 Å². The third-order valence-electron chi connectivity index (χ3n) is 3.30. The van der Waals surface area contributed by atoms with Gasteiger partial charge in [-0.25, -0.2) is 0 Å². The Morgan fingerprint density at radius 2 is 2.21 bits per heavy atom. The van der Waals surface area contributed by atoms with Crippen molar-refractivity contribution in [1.82, 2.24) is 10.2 Å². The zero-order valence-electron chi connectivity index (χ0n) is 12.1. The van der Waals surface area contributed by atoms with Gasteiger partial charge in [0.1, 0.15) is 0 Å². The van der Waals surface area contributed by atoms with Gasteiger partial charge >= 0.3 is 0 Å². The molecule has 0 aromatic heterocycles. The summed E-state index contributed by atoms with van der Waals surface area (Å²) in [6, 6.07) is -0.274. The van der Waals surface area contributed by atoms with Gasteiger partial charge in [0.2, 0.25) is 11.8 Å². The molecule has 5 heteroatoms. The number of nitrogens with zero attached hydrogens (tertiary/aromatic N) is 1. The van der Waals surface area contributed by atoms with Crippen LogP contribution in [0.4, 0.5) is 0 Å². The molecule has 0 bridgehead atoms. The third-order valence-corrected chi connectivity index (χ3v) is 3.30. The summed E-state index contributed by atoms with van der Waals surface area (Å²) in [6.07, 6.45) is 5.10. The Morgan fingerprint density at radius 3 is 2.74 bits per heavy atom. The summed E-state index contributed by atoms with van der Waals surface area (Å²) in [6.45, 7) is 5.32. The van der Waals surface area contributed by atoms with Gasteiger partial charge in [-0.15, -0.1) is 0 Å². The highest BCUT2D eigenvalue weighted by Gasteiger charge is 2.31. The molecule has 1 atom stereocenters. The van der Waals surface area contributed by atoms with E-state index in [1.54, 1.807) is 7.11 Å². The van der Waals surface area contributed by atoms with Crippen LogP contribution in [0.1, 0.15) is 39.5 Å². The smallest absolute Gasteiger partial charge is 0.243 e. The van der Waals surface area contributed by atoms with E-state index in [2.05, 4.69) is 25.2 Å². The van der Waals surface area contributed by atoms with Gasteiger partial charge in [0.05, 0.1) is 12.8 Å². The standard InChI is InChI=1S/C14H24N2O3/c1-4-6-11(5-2)9-16(10-19-3)12-7-8-13(17)15-14(12)18/h6,12H,4-5,7-10H2,1-3H3,(H,15,17,18)/b11-6+. The summed E-state index contributed by atoms with van der Waals surface area (Å²) < 4.78 is 5.19. The zero-order chi connectivity index (χ0) is 14.3. The first-order chi connectivity index (χ1) is 9.12. The van der Waals surface area contributed by atoms with E-state index in [1.807, 2.05) is 4.90 Å². The molecule has 19 heavy (non-hydrogen) atoms. The number of allylic oxidation sites excluding steroid dienone is 1. The van der Waals surface area contributed by atoms with Crippen LogP contribution in [0.15, 0.2) is 11.6 Å². The largest absolute Gasteiger partial charge is 0.369 e. The number of amides is 2. The van der Waals surface area contributed by atoms with Crippen molar-refractivity contribution in [2.24, 2.45) is 0 Å². The first kappa shape index (κ1) is 15.9. The molecule has 0 spiro atoms. The molecule has 0 aromatic carbocycles. The number of nitrogens with one attached hydrogen (secondary N) is 1. The molecule has 1 rings (SSSR count). The monoisotopic (exact) mass is 268 g/mol. The van der Waals surface area contributed by atoms with Crippen molar-refractivity contribution >= 4 is 11.8 Å². The fraction of sp³-hybridized carbons (Fsp3) is 0.714. The van der Waals surface area contributed by atoms with E-state index in [1.165, 1.54) is 5.57 Å². The number of hydrogen-bond acceptors (Lipinski definition) is 4. The summed E-state index contributed by atoms with van der Waals surface area (Å²) in [4.78, 5) is 25.1. The van der Waals surface area contributed by atoms with Crippen molar-refractivity contribution < 1.29 is 14.3 Å². The van der Waals surface area contributed by atoms with E-state index in [0.29, 0.717) is 26.1 Å². The Morgan fingerprint density at radius 1 is 1.47 bits per heavy atom. The van der Waals surface area contributed by atoms with Gasteiger partial charge in [0, 0.05) is 20.1 Å². The van der Waals surface area contributed by atoms with Crippen LogP contribution in [-0.4, -0.2) is 43.1 Å². The Hall–Kier alpha value is -1.20. The number of rotatable bonds is 7. The fourth-order valence-electron chi connectivity index (χ4n) is 2.31. The minimum Gasteiger partial charge on any atom is -0.369 e. The lowest BCUT2D eigenvalue weighted by Crippen LogP contribution is -2.53. The number of hydrogen-bond donors (Lipinski definition) is 1. The number of methoxy groups -OCH3 is 1. The Labute approximate surface area is 115 Å². The number of carbonyl (C=O) groups is 2. The average molecular weight is 268 g/mol. The van der Waals surface area contributed by atoms with E-state index in [-0.39, 0.29) is 17.9 Å². The zero-order valence-corrected chi connectivity index (χ0v) is 12.1. The van der Waals surface area contributed by atoms with Crippen molar-refractivity contribution in [2.45, 2.75) is 45.6 Å². The molecule has 0 aromatic rings. The summed E-state index contributed by atoms with van der Waals surface area (Å²) in [7, 11) is 1.62. The maximum absolute atomic E-state index is 11.9. The molecule has 1 fully saturated rings. The lowest BCUT2D eigenvalue weighted by molar-refractivity contribution is -0.139. The minimum absolute atomic E-state index is 0.182. The van der Waals surface area contributed by atoms with Crippen LogP contribution in [0.5, 0.6) is 0 Å². The number of imide groups is 1. The summed E-state index contributed by atoms with van der Waals surface area (Å²) in [5.74, 6) is -0.390. The van der Waals surface area contributed by atoms with E-state index in [4.69, 9.17) is 4.74 Å². The maximum Gasteiger partial charge on any atom is 0.243 e. The van der Waals surface area contributed by atoms with Crippen LogP contribution in [-0.2, 0) is 14.3 Å². The van der Waals surface area contributed by atoms with Gasteiger partial charge in [-0.1, -0.05) is 25.5 Å². The lowest BCUT2D eigenvalue weighted by atomic mass is 10.0. The Balaban J connectivity index is 2.73. The molecular formula is C14H24N2O3. The van der Waals surface area contributed by atoms with Crippen LogP contribution in [0.3, 0.4) is 0 Å². The molecule has 0 aliphatic carbocycles. The first-order valence-electron chi connectivity index (χ1n) is 6.86. The number of piperidine rings is 1. The molecule has 108 valence electrons. The van der Waals surface area contributed by atoms with Crippen molar-refractivity contribution in [3.8, 4) is 0 Å². The van der Waals surface area contributed by atoms with Gasteiger partial charge < -0.3 is 4.74 Å². The molecule has 1 aliphatic heterocycles. The van der Waals surface area contributed by atoms with Crippen molar-refractivity contribution in [1.29, 1.82) is 0 Å². The highest BCUT2D eigenvalue weighted by molar-refractivity contribution is 6.00. The van der Waals surface area contributed by atoms with Gasteiger partial charge in [-0.3, -0.25) is 19.8 Å². The van der Waals surface area contributed by atoms with Crippen LogP contribution < -0.4 is 5.32 Å². The molecule has 1 unspecified atom stereocenters. The average Bonchev–Trinajstić information content (AvgIpc) is 2.37. The van der Waals surface area contributed by atoms with E-state index in [9.17, 15) is 9.59 Å². The van der Waals surface area contributed by atoms with E-state index < -0.39 is 0 Å². The maximum atomic E-state index is 11.9. The predicted molar refractivity (Wildman–Crippen MR) is 73.4 cm³/mol. The third kappa shape index (κ3) is 4.76. The Bertz CT molecular complexity index is 353. The molecule has 0 radical (unpaired) electrons. The normalized spacial score (nSPS) is 20.8. The number of ether oxygens (including phenoxy) is 1. The summed E-state index contributed by atoms with van der Waals surface area (Å²) >= 11 is 0. The highest BCUT2D eigenvalue weighted by Crippen LogP contribution is 2.15. The second-order valence-electron chi connectivity index (χ2n) is 4.76. The highest BCUT2D eigenvalue weighted by atomic mass is 16.5. The Kier molecular flexibility index (Phi) is 6.73. The van der Waals surface area contributed by atoms with E-state index in [0.717, 1.165) is 12.8 Å². The van der Waals surface area contributed by atoms with Crippen LogP contribution in [0, 0.1) is 0 Å². The van der Waals surface area contributed by atoms with Gasteiger partial charge in [0.25, 0.3) is 0 Å².